The molecule has 1 saturated carbocycles. The number of pyridine rings is 1. The highest BCUT2D eigenvalue weighted by atomic mass is 35.5. The number of nitrogens with zero attached hydrogens (tertiary/aromatic N) is 1. The van der Waals surface area contributed by atoms with Crippen molar-refractivity contribution in [1.29, 1.82) is 0 Å². The van der Waals surface area contributed by atoms with Gasteiger partial charge in [0.15, 0.2) is 0 Å². The number of aromatic nitrogens is 1. The van der Waals surface area contributed by atoms with Gasteiger partial charge in [-0.1, -0.05) is 12.1 Å². The van der Waals surface area contributed by atoms with Gasteiger partial charge in [-0.25, -0.2) is 4.79 Å². The fourth-order valence-corrected chi connectivity index (χ4v) is 2.68. The van der Waals surface area contributed by atoms with Gasteiger partial charge in [-0.05, 0) is 37.0 Å². The van der Waals surface area contributed by atoms with Gasteiger partial charge in [-0.15, -0.1) is 11.6 Å². The summed E-state index contributed by atoms with van der Waals surface area (Å²) in [4.78, 5) is 14.8. The van der Waals surface area contributed by atoms with Gasteiger partial charge < -0.3 is 5.11 Å². The Hall–Kier alpha value is -1.61. The Morgan fingerprint density at radius 1 is 1.33 bits per heavy atom. The van der Waals surface area contributed by atoms with Gasteiger partial charge in [0.2, 0.25) is 0 Å². The number of alkyl halides is 1. The van der Waals surface area contributed by atoms with E-state index in [0.29, 0.717) is 0 Å². The number of hydrogen-bond acceptors (Lipinski definition) is 2. The quantitative estimate of drug-likeness (QED) is 0.841. The molecule has 0 unspecified atom stereocenters. The Morgan fingerprint density at radius 3 is 2.72 bits per heavy atom. The summed E-state index contributed by atoms with van der Waals surface area (Å²) in [5.41, 5.74) is 2.09. The first-order valence-corrected chi connectivity index (χ1v) is 6.29. The molecule has 3 rings (SSSR count). The molecule has 1 N–H and O–H groups in total. The summed E-state index contributed by atoms with van der Waals surface area (Å²) >= 11 is 6.49. The van der Waals surface area contributed by atoms with E-state index in [1.807, 2.05) is 18.2 Å². The third-order valence-electron chi connectivity index (χ3n) is 3.59. The second kappa shape index (κ2) is 3.95. The number of carbonyl (C=O) groups is 1. The molecular formula is C14H12ClNO2. The molecule has 0 bridgehead atoms. The fourth-order valence-electron chi connectivity index (χ4n) is 2.29. The van der Waals surface area contributed by atoms with E-state index in [2.05, 4.69) is 4.98 Å². The smallest absolute Gasteiger partial charge is 0.337 e. The maximum absolute atomic E-state index is 10.9. The highest BCUT2D eigenvalue weighted by Crippen LogP contribution is 2.47. The second-order valence-electron chi connectivity index (χ2n) is 4.76. The van der Waals surface area contributed by atoms with Crippen LogP contribution in [0.25, 0.3) is 10.9 Å². The molecule has 1 aromatic carbocycles. The van der Waals surface area contributed by atoms with E-state index in [-0.39, 0.29) is 10.4 Å². The lowest BCUT2D eigenvalue weighted by Gasteiger charge is -2.36. The minimum atomic E-state index is -0.957. The molecule has 1 aliphatic carbocycles. The average molecular weight is 262 g/mol. The van der Waals surface area contributed by atoms with Crippen LogP contribution in [0.5, 0.6) is 0 Å². The third kappa shape index (κ3) is 1.75. The Bertz CT molecular complexity index is 635. The lowest BCUT2D eigenvalue weighted by molar-refractivity contribution is 0.0696. The second-order valence-corrected chi connectivity index (χ2v) is 5.48. The van der Waals surface area contributed by atoms with E-state index in [1.165, 1.54) is 6.20 Å². The summed E-state index contributed by atoms with van der Waals surface area (Å²) in [5, 5.41) is 9.75. The monoisotopic (exact) mass is 261 g/mol. The molecular weight excluding hydrogens is 250 g/mol. The zero-order chi connectivity index (χ0) is 12.8. The van der Waals surface area contributed by atoms with Crippen molar-refractivity contribution in [3.05, 3.63) is 41.6 Å². The van der Waals surface area contributed by atoms with E-state index in [0.717, 1.165) is 35.7 Å². The van der Waals surface area contributed by atoms with E-state index in [1.54, 1.807) is 6.07 Å². The SMILES string of the molecule is O=C(O)c1cnc2cc(C3(Cl)CCC3)ccc2c1. The molecule has 0 spiro atoms. The molecule has 4 heteroatoms. The molecule has 3 nitrogen and oxygen atoms in total. The summed E-state index contributed by atoms with van der Waals surface area (Å²) in [5.74, 6) is -0.957. The van der Waals surface area contributed by atoms with E-state index < -0.39 is 5.97 Å². The largest absolute Gasteiger partial charge is 0.478 e. The van der Waals surface area contributed by atoms with Crippen molar-refractivity contribution in [2.45, 2.75) is 24.1 Å². The van der Waals surface area contributed by atoms with Crippen LogP contribution in [-0.4, -0.2) is 16.1 Å². The highest BCUT2D eigenvalue weighted by Gasteiger charge is 2.36. The summed E-state index contributed by atoms with van der Waals surface area (Å²) in [6.45, 7) is 0. The van der Waals surface area contributed by atoms with Gasteiger partial charge in [0.1, 0.15) is 0 Å². The molecule has 0 amide bonds. The first-order chi connectivity index (χ1) is 8.58. The Labute approximate surface area is 109 Å². The van der Waals surface area contributed by atoms with Gasteiger partial charge in [-0.2, -0.15) is 0 Å². The van der Waals surface area contributed by atoms with Crippen molar-refractivity contribution in [2.24, 2.45) is 0 Å². The Balaban J connectivity index is 2.08. The van der Waals surface area contributed by atoms with E-state index in [4.69, 9.17) is 16.7 Å². The van der Waals surface area contributed by atoms with Crippen LogP contribution in [0, 0.1) is 0 Å². The van der Waals surface area contributed by atoms with Crippen molar-refractivity contribution < 1.29 is 9.90 Å². The lowest BCUT2D eigenvalue weighted by atomic mass is 9.79. The standard InChI is InChI=1S/C14H12ClNO2/c15-14(4-1-5-14)11-3-2-9-6-10(13(17)18)8-16-12(9)7-11/h2-3,6-8H,1,4-5H2,(H,17,18). The molecule has 18 heavy (non-hydrogen) atoms. The minimum Gasteiger partial charge on any atom is -0.478 e. The van der Waals surface area contributed by atoms with E-state index >= 15 is 0 Å². The van der Waals surface area contributed by atoms with Crippen LogP contribution in [-0.2, 0) is 4.87 Å². The average Bonchev–Trinajstić information content (AvgIpc) is 2.34. The summed E-state index contributed by atoms with van der Waals surface area (Å²) in [6.07, 6.45) is 4.53. The normalized spacial score (nSPS) is 17.4. The van der Waals surface area contributed by atoms with Crippen LogP contribution >= 0.6 is 11.6 Å². The maximum atomic E-state index is 10.9. The van der Waals surface area contributed by atoms with Crippen LogP contribution in [0.15, 0.2) is 30.5 Å². The van der Waals surface area contributed by atoms with Crippen LogP contribution in [0.4, 0.5) is 0 Å². The molecule has 1 aliphatic rings. The molecule has 1 fully saturated rings. The lowest BCUT2D eigenvalue weighted by Crippen LogP contribution is -2.27. The number of rotatable bonds is 2. The van der Waals surface area contributed by atoms with Crippen LogP contribution in [0.1, 0.15) is 35.2 Å². The van der Waals surface area contributed by atoms with Crippen molar-refractivity contribution in [2.75, 3.05) is 0 Å². The molecule has 0 radical (unpaired) electrons. The van der Waals surface area contributed by atoms with Gasteiger partial charge in [-0.3, -0.25) is 4.98 Å². The predicted molar refractivity (Wildman–Crippen MR) is 70.1 cm³/mol. The number of carboxylic acids is 1. The zero-order valence-corrected chi connectivity index (χ0v) is 10.4. The minimum absolute atomic E-state index is 0.208. The highest BCUT2D eigenvalue weighted by molar-refractivity contribution is 6.24. The van der Waals surface area contributed by atoms with Gasteiger partial charge in [0, 0.05) is 11.6 Å². The molecule has 92 valence electrons. The van der Waals surface area contributed by atoms with Crippen LogP contribution in [0.2, 0.25) is 0 Å². The van der Waals surface area contributed by atoms with Crippen LogP contribution < -0.4 is 0 Å². The number of hydrogen-bond donors (Lipinski definition) is 1. The summed E-state index contributed by atoms with van der Waals surface area (Å²) in [6, 6.07) is 7.47. The molecule has 0 aliphatic heterocycles. The number of halogens is 1. The summed E-state index contributed by atoms with van der Waals surface area (Å²) < 4.78 is 0. The number of fused-ring (bicyclic) bond motifs is 1. The Morgan fingerprint density at radius 2 is 2.11 bits per heavy atom. The molecule has 2 aromatic rings. The molecule has 1 heterocycles. The molecule has 0 atom stereocenters. The maximum Gasteiger partial charge on any atom is 0.337 e. The third-order valence-corrected chi connectivity index (χ3v) is 4.19. The fraction of sp³-hybridized carbons (Fsp3) is 0.286. The molecule has 1 aromatic heterocycles. The van der Waals surface area contributed by atoms with E-state index in [9.17, 15) is 4.79 Å². The van der Waals surface area contributed by atoms with Crippen molar-refractivity contribution >= 4 is 28.5 Å². The van der Waals surface area contributed by atoms with Crippen molar-refractivity contribution in [3.8, 4) is 0 Å². The van der Waals surface area contributed by atoms with Gasteiger partial charge in [0.05, 0.1) is 16.0 Å². The Kier molecular flexibility index (Phi) is 2.52. The number of benzene rings is 1. The predicted octanol–water partition coefficient (Wildman–Crippen LogP) is 3.55. The van der Waals surface area contributed by atoms with Crippen molar-refractivity contribution in [1.82, 2.24) is 4.98 Å². The zero-order valence-electron chi connectivity index (χ0n) is 9.69. The number of aromatic carboxylic acids is 1. The topological polar surface area (TPSA) is 50.2 Å². The van der Waals surface area contributed by atoms with Gasteiger partial charge in [0.25, 0.3) is 0 Å². The van der Waals surface area contributed by atoms with Crippen molar-refractivity contribution in [3.63, 3.8) is 0 Å². The molecule has 0 saturated heterocycles. The van der Waals surface area contributed by atoms with Crippen LogP contribution in [0.3, 0.4) is 0 Å². The first-order valence-electron chi connectivity index (χ1n) is 5.91. The number of carboxylic acid groups (broad SMARTS) is 1. The first kappa shape index (κ1) is 11.5. The summed E-state index contributed by atoms with van der Waals surface area (Å²) in [7, 11) is 0. The van der Waals surface area contributed by atoms with Gasteiger partial charge >= 0.3 is 5.97 Å².